The summed E-state index contributed by atoms with van der Waals surface area (Å²) >= 11 is 6.18. The molecule has 0 atom stereocenters. The topological polar surface area (TPSA) is 75.3 Å². The molecule has 0 fully saturated rings. The molecule has 3 aromatic rings. The van der Waals surface area contributed by atoms with Crippen molar-refractivity contribution in [2.45, 2.75) is 32.6 Å². The van der Waals surface area contributed by atoms with Gasteiger partial charge in [-0.15, -0.1) is 0 Å². The van der Waals surface area contributed by atoms with Crippen LogP contribution in [0.15, 0.2) is 59.5 Å². The van der Waals surface area contributed by atoms with Crippen LogP contribution < -0.4 is 10.0 Å². The summed E-state index contributed by atoms with van der Waals surface area (Å²) in [6.07, 6.45) is 0. The molecule has 1 amide bonds. The number of aryl methyl sites for hydroxylation is 4. The molecule has 156 valence electrons. The lowest BCUT2D eigenvalue weighted by Crippen LogP contribution is -2.17. The first-order chi connectivity index (χ1) is 14.1. The molecule has 0 unspecified atom stereocenters. The maximum atomic E-state index is 13.0. The number of rotatable bonds is 5. The van der Waals surface area contributed by atoms with E-state index in [-0.39, 0.29) is 15.5 Å². The normalized spacial score (nSPS) is 11.2. The molecule has 0 aromatic heterocycles. The first-order valence-electron chi connectivity index (χ1n) is 9.35. The van der Waals surface area contributed by atoms with Crippen LogP contribution in [0.1, 0.15) is 32.6 Å². The molecule has 0 saturated heterocycles. The van der Waals surface area contributed by atoms with E-state index in [0.717, 1.165) is 22.3 Å². The third-order valence-electron chi connectivity index (χ3n) is 4.83. The van der Waals surface area contributed by atoms with Crippen LogP contribution in [-0.4, -0.2) is 14.3 Å². The molecule has 0 aliphatic rings. The smallest absolute Gasteiger partial charge is 0.263 e. The Morgan fingerprint density at radius 2 is 1.53 bits per heavy atom. The Hall–Kier alpha value is -2.83. The van der Waals surface area contributed by atoms with Gasteiger partial charge in [-0.05, 0) is 68.7 Å². The van der Waals surface area contributed by atoms with Crippen molar-refractivity contribution in [3.05, 3.63) is 87.4 Å². The van der Waals surface area contributed by atoms with Crippen LogP contribution in [0.4, 0.5) is 11.4 Å². The molecule has 0 bridgehead atoms. The Morgan fingerprint density at radius 1 is 0.867 bits per heavy atom. The highest BCUT2D eigenvalue weighted by Crippen LogP contribution is 2.27. The summed E-state index contributed by atoms with van der Waals surface area (Å²) in [6.45, 7) is 7.55. The van der Waals surface area contributed by atoms with Gasteiger partial charge in [0.2, 0.25) is 0 Å². The summed E-state index contributed by atoms with van der Waals surface area (Å²) in [6, 6.07) is 15.3. The van der Waals surface area contributed by atoms with Crippen LogP contribution in [0.3, 0.4) is 0 Å². The van der Waals surface area contributed by atoms with E-state index in [1.807, 2.05) is 58.0 Å². The Kier molecular flexibility index (Phi) is 6.19. The number of hydrogen-bond acceptors (Lipinski definition) is 3. The SMILES string of the molecule is Cc1ccc(NS(=O)(=O)c2cc(C(=O)Nc3c(C)cccc3C)ccc2Cl)c(C)c1. The highest BCUT2D eigenvalue weighted by atomic mass is 35.5. The molecule has 0 aliphatic heterocycles. The minimum absolute atomic E-state index is 0.0379. The fourth-order valence-corrected chi connectivity index (χ4v) is 4.83. The fraction of sp³-hybridized carbons (Fsp3) is 0.174. The van der Waals surface area contributed by atoms with Crippen LogP contribution in [0.5, 0.6) is 0 Å². The number of carbonyl (C=O) groups is 1. The lowest BCUT2D eigenvalue weighted by molar-refractivity contribution is 0.102. The van der Waals surface area contributed by atoms with Gasteiger partial charge in [0, 0.05) is 11.3 Å². The first-order valence-corrected chi connectivity index (χ1v) is 11.2. The van der Waals surface area contributed by atoms with Crippen molar-refractivity contribution in [1.29, 1.82) is 0 Å². The number of sulfonamides is 1. The number of nitrogens with one attached hydrogen (secondary N) is 2. The fourth-order valence-electron chi connectivity index (χ4n) is 3.18. The van der Waals surface area contributed by atoms with E-state index in [9.17, 15) is 13.2 Å². The summed E-state index contributed by atoms with van der Waals surface area (Å²) in [5, 5.41) is 2.90. The molecule has 0 aliphatic carbocycles. The van der Waals surface area contributed by atoms with E-state index in [2.05, 4.69) is 10.0 Å². The molecule has 7 heteroatoms. The standard InChI is InChI=1S/C23H23ClN2O3S/c1-14-8-11-20(17(4)12-14)26-30(28,29)21-13-18(9-10-19(21)24)23(27)25-22-15(2)6-5-7-16(22)3/h5-13,26H,1-4H3,(H,25,27). The molecular formula is C23H23ClN2O3S. The summed E-state index contributed by atoms with van der Waals surface area (Å²) in [5.74, 6) is -0.410. The van der Waals surface area contributed by atoms with Crippen molar-refractivity contribution in [3.8, 4) is 0 Å². The highest BCUT2D eigenvalue weighted by molar-refractivity contribution is 7.92. The number of hydrogen-bond donors (Lipinski definition) is 2. The van der Waals surface area contributed by atoms with Gasteiger partial charge in [0.05, 0.1) is 10.7 Å². The largest absolute Gasteiger partial charge is 0.322 e. The molecule has 0 saturated carbocycles. The average Bonchev–Trinajstić information content (AvgIpc) is 2.67. The Labute approximate surface area is 182 Å². The van der Waals surface area contributed by atoms with Gasteiger partial charge in [0.1, 0.15) is 4.90 Å². The van der Waals surface area contributed by atoms with Gasteiger partial charge in [-0.1, -0.05) is 47.5 Å². The number of halogens is 1. The van der Waals surface area contributed by atoms with Gasteiger partial charge < -0.3 is 5.32 Å². The van der Waals surface area contributed by atoms with Gasteiger partial charge in [0.15, 0.2) is 0 Å². The van der Waals surface area contributed by atoms with E-state index >= 15 is 0 Å². The van der Waals surface area contributed by atoms with Crippen LogP contribution in [0, 0.1) is 27.7 Å². The monoisotopic (exact) mass is 442 g/mol. The first kappa shape index (κ1) is 21.9. The third-order valence-corrected chi connectivity index (χ3v) is 6.68. The van der Waals surface area contributed by atoms with Crippen LogP contribution in [-0.2, 0) is 10.0 Å². The molecule has 0 heterocycles. The molecule has 0 spiro atoms. The van der Waals surface area contributed by atoms with Crippen molar-refractivity contribution in [2.24, 2.45) is 0 Å². The van der Waals surface area contributed by atoms with Crippen molar-refractivity contribution >= 4 is 38.9 Å². The lowest BCUT2D eigenvalue weighted by atomic mass is 10.1. The summed E-state index contributed by atoms with van der Waals surface area (Å²) < 4.78 is 28.5. The van der Waals surface area contributed by atoms with E-state index < -0.39 is 15.9 Å². The zero-order chi connectivity index (χ0) is 22.1. The minimum Gasteiger partial charge on any atom is -0.322 e. The molecule has 2 N–H and O–H groups in total. The average molecular weight is 443 g/mol. The van der Waals surface area contributed by atoms with Gasteiger partial charge >= 0.3 is 0 Å². The van der Waals surface area contributed by atoms with Gasteiger partial charge in [-0.25, -0.2) is 8.42 Å². The molecule has 0 radical (unpaired) electrons. The zero-order valence-corrected chi connectivity index (χ0v) is 18.8. The minimum atomic E-state index is -3.99. The second kappa shape index (κ2) is 8.50. The Balaban J connectivity index is 1.93. The van der Waals surface area contributed by atoms with Gasteiger partial charge in [-0.2, -0.15) is 0 Å². The number of benzene rings is 3. The zero-order valence-electron chi connectivity index (χ0n) is 17.2. The van der Waals surface area contributed by atoms with Crippen LogP contribution in [0.2, 0.25) is 5.02 Å². The van der Waals surface area contributed by atoms with Crippen LogP contribution >= 0.6 is 11.6 Å². The van der Waals surface area contributed by atoms with E-state index in [4.69, 9.17) is 11.6 Å². The van der Waals surface area contributed by atoms with E-state index in [1.165, 1.54) is 18.2 Å². The van der Waals surface area contributed by atoms with Gasteiger partial charge in [-0.3, -0.25) is 9.52 Å². The van der Waals surface area contributed by atoms with Crippen LogP contribution in [0.25, 0.3) is 0 Å². The van der Waals surface area contributed by atoms with Crippen molar-refractivity contribution < 1.29 is 13.2 Å². The molecule has 3 aromatic carbocycles. The summed E-state index contributed by atoms with van der Waals surface area (Å²) in [7, 11) is -3.99. The molecular weight excluding hydrogens is 420 g/mol. The van der Waals surface area contributed by atoms with Crippen molar-refractivity contribution in [3.63, 3.8) is 0 Å². The molecule has 3 rings (SSSR count). The second-order valence-corrected chi connectivity index (χ2v) is 9.35. The third kappa shape index (κ3) is 4.66. The number of amides is 1. The maximum Gasteiger partial charge on any atom is 0.263 e. The number of carbonyl (C=O) groups excluding carboxylic acids is 1. The van der Waals surface area contributed by atoms with Crippen molar-refractivity contribution in [1.82, 2.24) is 0 Å². The predicted octanol–water partition coefficient (Wildman–Crippen LogP) is 5.63. The quantitative estimate of drug-likeness (QED) is 0.537. The number of anilines is 2. The molecule has 5 nitrogen and oxygen atoms in total. The highest BCUT2D eigenvalue weighted by Gasteiger charge is 2.21. The van der Waals surface area contributed by atoms with Crippen molar-refractivity contribution in [2.75, 3.05) is 10.0 Å². The Morgan fingerprint density at radius 3 is 2.17 bits per heavy atom. The second-order valence-electron chi connectivity index (χ2n) is 7.29. The van der Waals surface area contributed by atoms with E-state index in [1.54, 1.807) is 6.07 Å². The summed E-state index contributed by atoms with van der Waals surface area (Å²) in [5.41, 5.74) is 5.01. The summed E-state index contributed by atoms with van der Waals surface area (Å²) in [4.78, 5) is 12.6. The van der Waals surface area contributed by atoms with Gasteiger partial charge in [0.25, 0.3) is 15.9 Å². The Bertz CT molecular complexity index is 1220. The lowest BCUT2D eigenvalue weighted by Gasteiger charge is -2.14. The van der Waals surface area contributed by atoms with E-state index in [0.29, 0.717) is 11.4 Å². The predicted molar refractivity (Wildman–Crippen MR) is 122 cm³/mol. The molecule has 30 heavy (non-hydrogen) atoms. The number of para-hydroxylation sites is 1. The maximum absolute atomic E-state index is 13.0.